The number of aliphatic hydroxyl groups is 1. The number of hydrogen-bond donors (Lipinski definition) is 1. The Morgan fingerprint density at radius 2 is 1.58 bits per heavy atom. The Bertz CT molecular complexity index is 1720. The van der Waals surface area contributed by atoms with Gasteiger partial charge in [-0.05, 0) is 50.2 Å². The van der Waals surface area contributed by atoms with Gasteiger partial charge in [-0.3, -0.25) is 19.2 Å². The summed E-state index contributed by atoms with van der Waals surface area (Å²) in [5.41, 5.74) is -0.879. The van der Waals surface area contributed by atoms with Crippen LogP contribution >= 0.6 is 0 Å². The van der Waals surface area contributed by atoms with Crippen molar-refractivity contribution in [3.05, 3.63) is 96.1 Å². The molecule has 0 radical (unpaired) electrons. The fourth-order valence-electron chi connectivity index (χ4n) is 9.13. The monoisotopic (exact) mass is 711 g/mol. The molecule has 2 saturated heterocycles. The minimum atomic E-state index is -1.54. The van der Waals surface area contributed by atoms with E-state index in [1.807, 2.05) is 105 Å². The molecule has 4 aliphatic heterocycles. The van der Waals surface area contributed by atoms with E-state index in [0.717, 1.165) is 0 Å². The van der Waals surface area contributed by atoms with Crippen molar-refractivity contribution in [1.29, 1.82) is 0 Å². The van der Waals surface area contributed by atoms with Gasteiger partial charge in [-0.2, -0.15) is 0 Å². The molecule has 0 saturated carbocycles. The van der Waals surface area contributed by atoms with Crippen molar-refractivity contribution in [2.75, 3.05) is 20.2 Å². The van der Waals surface area contributed by atoms with Crippen LogP contribution in [0.4, 0.5) is 0 Å². The molecule has 10 heteroatoms. The molecule has 3 amide bonds. The highest BCUT2D eigenvalue weighted by Crippen LogP contribution is 2.55. The quantitative estimate of drug-likeness (QED) is 0.316. The van der Waals surface area contributed by atoms with Crippen LogP contribution in [-0.4, -0.2) is 93.0 Å². The van der Waals surface area contributed by atoms with E-state index in [1.54, 1.807) is 18.0 Å². The second-order valence-electron chi connectivity index (χ2n) is 16.6. The number of amides is 3. The first-order valence-electron chi connectivity index (χ1n) is 18.4. The molecule has 10 nitrogen and oxygen atoms in total. The molecular formula is C42H53N3O7. The number of ether oxygens (including phenoxy) is 2. The van der Waals surface area contributed by atoms with Gasteiger partial charge >= 0.3 is 5.97 Å². The Morgan fingerprint density at radius 3 is 2.21 bits per heavy atom. The fraction of sp³-hybridized carbons (Fsp3) is 0.524. The Kier molecular flexibility index (Phi) is 10.3. The summed E-state index contributed by atoms with van der Waals surface area (Å²) >= 11 is 0. The first-order chi connectivity index (χ1) is 24.6. The normalized spacial score (nSPS) is 31.2. The maximum absolute atomic E-state index is 15.2. The maximum atomic E-state index is 15.2. The second-order valence-corrected chi connectivity index (χ2v) is 16.6. The number of hydrogen-bond acceptors (Lipinski definition) is 7. The molecule has 1 spiro atoms. The molecule has 278 valence electrons. The second kappa shape index (κ2) is 14.3. The topological polar surface area (TPSA) is 117 Å². The van der Waals surface area contributed by atoms with Crippen LogP contribution in [0.15, 0.2) is 85.0 Å². The van der Waals surface area contributed by atoms with E-state index in [4.69, 9.17) is 9.47 Å². The number of likely N-dealkylation sites (tertiary alicyclic amines) is 1. The molecule has 6 rings (SSSR count). The molecule has 2 aromatic rings. The highest BCUT2D eigenvalue weighted by molar-refractivity contribution is 5.99. The first-order valence-corrected chi connectivity index (χ1v) is 18.4. The minimum absolute atomic E-state index is 0.0915. The standard InChI is InChI=1S/C42H53N3O7/c1-27-35(29-19-12-9-13-20-29)51-39(50)33-31(21-14-15-22-32(47)43(27)7)52-42-23-16-24-44(41(5,6)26-40(2,3)4)38(49)36(42)45(37(48)34(33)42)30(25-46)28-17-10-8-11-18-28/h8-14,16-21,23,27,30-31,33-36,46H,15,22,24-26H2,1-7H3/b21-14-/t27-,30-,31-,33+,34+,35+,36-,42+/m1/s1. The van der Waals surface area contributed by atoms with Gasteiger partial charge in [0.05, 0.1) is 30.7 Å². The van der Waals surface area contributed by atoms with Crippen molar-refractivity contribution in [2.24, 2.45) is 17.3 Å². The lowest BCUT2D eigenvalue weighted by molar-refractivity contribution is -0.165. The van der Waals surface area contributed by atoms with Crippen molar-refractivity contribution in [1.82, 2.24) is 14.7 Å². The van der Waals surface area contributed by atoms with E-state index >= 15 is 9.59 Å². The van der Waals surface area contributed by atoms with Gasteiger partial charge in [0.25, 0.3) is 0 Å². The summed E-state index contributed by atoms with van der Waals surface area (Å²) in [5, 5.41) is 11.0. The van der Waals surface area contributed by atoms with Gasteiger partial charge in [-0.15, -0.1) is 0 Å². The van der Waals surface area contributed by atoms with E-state index in [-0.39, 0.29) is 30.2 Å². The largest absolute Gasteiger partial charge is 0.455 e. The van der Waals surface area contributed by atoms with Crippen molar-refractivity contribution in [3.63, 3.8) is 0 Å². The number of fused-ring (bicyclic) bond motifs is 2. The van der Waals surface area contributed by atoms with Gasteiger partial charge in [-0.25, -0.2) is 0 Å². The van der Waals surface area contributed by atoms with E-state index in [0.29, 0.717) is 24.0 Å². The summed E-state index contributed by atoms with van der Waals surface area (Å²) in [5.74, 6) is -3.74. The molecule has 2 aromatic carbocycles. The number of esters is 1. The molecule has 0 aromatic heterocycles. The van der Waals surface area contributed by atoms with Crippen molar-refractivity contribution >= 4 is 23.7 Å². The number of allylic oxidation sites excluding steroid dienone is 1. The van der Waals surface area contributed by atoms with Crippen LogP contribution in [0, 0.1) is 17.3 Å². The van der Waals surface area contributed by atoms with Gasteiger partial charge in [0, 0.05) is 25.6 Å². The number of cyclic esters (lactones) is 1. The van der Waals surface area contributed by atoms with E-state index in [9.17, 15) is 14.7 Å². The van der Waals surface area contributed by atoms with Gasteiger partial charge in [0.2, 0.25) is 17.7 Å². The van der Waals surface area contributed by atoms with Crippen LogP contribution in [0.5, 0.6) is 0 Å². The molecule has 52 heavy (non-hydrogen) atoms. The summed E-state index contributed by atoms with van der Waals surface area (Å²) in [4.78, 5) is 63.3. The van der Waals surface area contributed by atoms with Crippen LogP contribution in [0.2, 0.25) is 0 Å². The van der Waals surface area contributed by atoms with Crippen LogP contribution in [0.25, 0.3) is 0 Å². The van der Waals surface area contributed by atoms with Crippen LogP contribution < -0.4 is 0 Å². The SMILES string of the molecule is C[C@@H]1[C@@H](c2ccccc2)OC(=O)[C@@H]2[C@H]3C(=O)N([C@H](CO)c4ccccc4)[C@@H]4C(=O)N(C(C)(C)CC(C)(C)C)CC=C[C@]34O[C@@H]2/C=C\CCC(=O)N1C. The summed E-state index contributed by atoms with van der Waals surface area (Å²) in [7, 11) is 1.71. The maximum Gasteiger partial charge on any atom is 0.313 e. The number of benzene rings is 2. The number of nitrogens with zero attached hydrogens (tertiary/aromatic N) is 3. The Morgan fingerprint density at radius 1 is 0.923 bits per heavy atom. The molecule has 0 unspecified atom stereocenters. The number of carbonyl (C=O) groups excluding carboxylic acids is 4. The van der Waals surface area contributed by atoms with Gasteiger partial charge in [0.1, 0.15) is 23.7 Å². The van der Waals surface area contributed by atoms with Crippen LogP contribution in [0.3, 0.4) is 0 Å². The molecule has 2 fully saturated rings. The predicted molar refractivity (Wildman–Crippen MR) is 196 cm³/mol. The molecular weight excluding hydrogens is 658 g/mol. The zero-order chi connectivity index (χ0) is 37.6. The fourth-order valence-corrected chi connectivity index (χ4v) is 9.13. The van der Waals surface area contributed by atoms with Gasteiger partial charge in [0.15, 0.2) is 0 Å². The number of carbonyl (C=O) groups is 4. The summed E-state index contributed by atoms with van der Waals surface area (Å²) in [6, 6.07) is 15.9. The lowest BCUT2D eigenvalue weighted by Crippen LogP contribution is -2.60. The minimum Gasteiger partial charge on any atom is -0.455 e. The zero-order valence-corrected chi connectivity index (χ0v) is 31.4. The van der Waals surface area contributed by atoms with Gasteiger partial charge in [-0.1, -0.05) is 106 Å². The summed E-state index contributed by atoms with van der Waals surface area (Å²) in [6.07, 6.45) is 6.83. The van der Waals surface area contributed by atoms with Crippen LogP contribution in [-0.2, 0) is 28.7 Å². The molecule has 4 aliphatic rings. The Labute approximate surface area is 307 Å². The molecule has 0 bridgehead atoms. The first kappa shape index (κ1) is 37.5. The molecule has 1 N–H and O–H groups in total. The third-order valence-electron chi connectivity index (χ3n) is 11.3. The number of rotatable bonds is 6. The highest BCUT2D eigenvalue weighted by atomic mass is 16.6. The van der Waals surface area contributed by atoms with E-state index in [2.05, 4.69) is 20.8 Å². The molecule has 4 heterocycles. The number of aliphatic hydroxyl groups excluding tert-OH is 1. The summed E-state index contributed by atoms with van der Waals surface area (Å²) < 4.78 is 13.3. The van der Waals surface area contributed by atoms with Crippen LogP contribution in [0.1, 0.15) is 84.1 Å². The van der Waals surface area contributed by atoms with Crippen molar-refractivity contribution < 1.29 is 33.8 Å². The average molecular weight is 712 g/mol. The summed E-state index contributed by atoms with van der Waals surface area (Å²) in [6.45, 7) is 12.2. The average Bonchev–Trinajstić information content (AvgIpc) is 3.48. The van der Waals surface area contributed by atoms with Crippen molar-refractivity contribution in [3.8, 4) is 0 Å². The molecule has 8 atom stereocenters. The highest BCUT2D eigenvalue weighted by Gasteiger charge is 2.73. The predicted octanol–water partition coefficient (Wildman–Crippen LogP) is 5.40. The Balaban J connectivity index is 1.50. The van der Waals surface area contributed by atoms with E-state index in [1.165, 1.54) is 4.90 Å². The lowest BCUT2D eigenvalue weighted by Gasteiger charge is -2.45. The van der Waals surface area contributed by atoms with E-state index < -0.39 is 71.8 Å². The van der Waals surface area contributed by atoms with Gasteiger partial charge < -0.3 is 29.3 Å². The smallest absolute Gasteiger partial charge is 0.313 e. The third-order valence-corrected chi connectivity index (χ3v) is 11.3. The molecule has 0 aliphatic carbocycles. The Hall–Kier alpha value is -4.28. The van der Waals surface area contributed by atoms with Crippen molar-refractivity contribution in [2.45, 2.75) is 102 Å². The lowest BCUT2D eigenvalue weighted by atomic mass is 9.77. The third kappa shape index (κ3) is 6.71. The zero-order valence-electron chi connectivity index (χ0n) is 31.4. The number of likely N-dealkylation sites (N-methyl/N-ethyl adjacent to an activating group) is 1.